The number of aryl methyl sites for hydroxylation is 1. The van der Waals surface area contributed by atoms with E-state index in [4.69, 9.17) is 10.00 Å². The average molecular weight is 374 g/mol. The van der Waals surface area contributed by atoms with E-state index < -0.39 is 0 Å². The maximum absolute atomic E-state index is 12.2. The fraction of sp³-hybridized carbons (Fsp3) is 0.650. The molecule has 7 heteroatoms. The van der Waals surface area contributed by atoms with Gasteiger partial charge in [-0.15, -0.1) is 0 Å². The smallest absolute Gasteiger partial charge is 0.266 e. The fourth-order valence-corrected chi connectivity index (χ4v) is 3.56. The number of aromatic nitrogens is 1. The van der Waals surface area contributed by atoms with E-state index in [0.29, 0.717) is 43.2 Å². The largest absolute Gasteiger partial charge is 0.374 e. The van der Waals surface area contributed by atoms with Gasteiger partial charge in [-0.1, -0.05) is 13.8 Å². The molecule has 0 saturated carbocycles. The third kappa shape index (κ3) is 5.91. The zero-order valence-electron chi connectivity index (χ0n) is 16.7. The first kappa shape index (κ1) is 21.1. The van der Waals surface area contributed by atoms with Crippen molar-refractivity contribution in [3.63, 3.8) is 0 Å². The van der Waals surface area contributed by atoms with Crippen LogP contribution in [0, 0.1) is 31.1 Å². The third-order valence-electron chi connectivity index (χ3n) is 4.90. The van der Waals surface area contributed by atoms with Gasteiger partial charge < -0.3 is 15.0 Å². The minimum Gasteiger partial charge on any atom is -0.374 e. The van der Waals surface area contributed by atoms with Crippen molar-refractivity contribution in [1.82, 2.24) is 15.2 Å². The molecule has 7 nitrogen and oxygen atoms in total. The summed E-state index contributed by atoms with van der Waals surface area (Å²) < 4.78 is 5.75. The van der Waals surface area contributed by atoms with Crippen LogP contribution in [-0.2, 0) is 16.0 Å². The molecule has 0 spiro atoms. The zero-order chi connectivity index (χ0) is 20.0. The second kappa shape index (κ2) is 9.67. The van der Waals surface area contributed by atoms with Gasteiger partial charge in [0.25, 0.3) is 5.56 Å². The normalized spacial score (nSPS) is 17.7. The summed E-state index contributed by atoms with van der Waals surface area (Å²) in [6, 6.07) is 1.94. The standard InChI is InChI=1S/C20H30N4O3/c1-13(2)11-24-7-8-27-16(12-24)10-22-19(25)6-5-17-14(3)18(9-21)20(26)23-15(17)4/h13,16H,5-8,10-12H2,1-4H3,(H,22,25)(H,23,26). The predicted molar refractivity (Wildman–Crippen MR) is 104 cm³/mol. The molecule has 0 aliphatic carbocycles. The molecule has 1 aromatic heterocycles. The van der Waals surface area contributed by atoms with Crippen LogP contribution in [0.25, 0.3) is 0 Å². The molecular weight excluding hydrogens is 344 g/mol. The highest BCUT2D eigenvalue weighted by Gasteiger charge is 2.21. The number of nitrogens with zero attached hydrogens (tertiary/aromatic N) is 2. The van der Waals surface area contributed by atoms with Gasteiger partial charge in [0.1, 0.15) is 11.6 Å². The van der Waals surface area contributed by atoms with E-state index in [9.17, 15) is 9.59 Å². The number of H-pyrrole nitrogens is 1. The first-order chi connectivity index (χ1) is 12.8. The summed E-state index contributed by atoms with van der Waals surface area (Å²) in [6.07, 6.45) is 0.809. The summed E-state index contributed by atoms with van der Waals surface area (Å²) in [5, 5.41) is 12.1. The molecule has 1 unspecified atom stereocenters. The average Bonchev–Trinajstić information content (AvgIpc) is 2.59. The number of morpholine rings is 1. The van der Waals surface area contributed by atoms with Crippen LogP contribution in [0.4, 0.5) is 0 Å². The molecule has 148 valence electrons. The lowest BCUT2D eigenvalue weighted by atomic mass is 9.99. The van der Waals surface area contributed by atoms with Crippen LogP contribution in [0.15, 0.2) is 4.79 Å². The Hall–Kier alpha value is -2.17. The molecule has 0 aromatic carbocycles. The van der Waals surface area contributed by atoms with Crippen LogP contribution in [-0.4, -0.2) is 54.7 Å². The third-order valence-corrected chi connectivity index (χ3v) is 4.90. The highest BCUT2D eigenvalue weighted by molar-refractivity contribution is 5.76. The number of nitriles is 1. The molecule has 1 aliphatic heterocycles. The summed E-state index contributed by atoms with van der Waals surface area (Å²) in [4.78, 5) is 29.1. The Kier molecular flexibility index (Phi) is 7.57. The first-order valence-electron chi connectivity index (χ1n) is 9.55. The van der Waals surface area contributed by atoms with E-state index in [-0.39, 0.29) is 23.1 Å². The number of amides is 1. The number of hydrogen-bond acceptors (Lipinski definition) is 5. The lowest BCUT2D eigenvalue weighted by Gasteiger charge is -2.34. The van der Waals surface area contributed by atoms with Gasteiger partial charge in [-0.05, 0) is 37.3 Å². The van der Waals surface area contributed by atoms with Gasteiger partial charge in [0.15, 0.2) is 0 Å². The molecule has 2 rings (SSSR count). The first-order valence-corrected chi connectivity index (χ1v) is 9.55. The SMILES string of the molecule is Cc1[nH]c(=O)c(C#N)c(C)c1CCC(=O)NCC1CN(CC(C)C)CCO1. The Morgan fingerprint density at radius 2 is 2.19 bits per heavy atom. The van der Waals surface area contributed by atoms with Gasteiger partial charge in [0.2, 0.25) is 5.91 Å². The van der Waals surface area contributed by atoms with E-state index >= 15 is 0 Å². The van der Waals surface area contributed by atoms with Crippen LogP contribution in [0.5, 0.6) is 0 Å². The van der Waals surface area contributed by atoms with E-state index in [1.807, 2.05) is 6.07 Å². The number of carbonyl (C=O) groups excluding carboxylic acids is 1. The molecule has 1 saturated heterocycles. The molecule has 1 aromatic rings. The maximum atomic E-state index is 12.2. The summed E-state index contributed by atoms with van der Waals surface area (Å²) in [6.45, 7) is 12.0. The van der Waals surface area contributed by atoms with Crippen molar-refractivity contribution >= 4 is 5.91 Å². The van der Waals surface area contributed by atoms with Crippen LogP contribution in [0.1, 0.15) is 42.7 Å². The Morgan fingerprint density at radius 3 is 2.85 bits per heavy atom. The number of rotatable bonds is 7. The molecule has 1 atom stereocenters. The highest BCUT2D eigenvalue weighted by atomic mass is 16.5. The highest BCUT2D eigenvalue weighted by Crippen LogP contribution is 2.15. The topological polar surface area (TPSA) is 98.2 Å². The van der Waals surface area contributed by atoms with E-state index in [1.165, 1.54) is 0 Å². The summed E-state index contributed by atoms with van der Waals surface area (Å²) in [5.74, 6) is 0.559. The minimum atomic E-state index is -0.374. The summed E-state index contributed by atoms with van der Waals surface area (Å²) >= 11 is 0. The van der Waals surface area contributed by atoms with Crippen molar-refractivity contribution in [1.29, 1.82) is 5.26 Å². The Morgan fingerprint density at radius 1 is 1.44 bits per heavy atom. The second-order valence-corrected chi connectivity index (χ2v) is 7.62. The Balaban J connectivity index is 1.85. The predicted octanol–water partition coefficient (Wildman–Crippen LogP) is 1.27. The molecular formula is C20H30N4O3. The van der Waals surface area contributed by atoms with Crippen molar-refractivity contribution in [3.8, 4) is 6.07 Å². The van der Waals surface area contributed by atoms with E-state index in [0.717, 1.165) is 25.2 Å². The van der Waals surface area contributed by atoms with Gasteiger partial charge in [0, 0.05) is 38.3 Å². The monoisotopic (exact) mass is 374 g/mol. The number of pyridine rings is 1. The summed E-state index contributed by atoms with van der Waals surface area (Å²) in [5.41, 5.74) is 1.98. The van der Waals surface area contributed by atoms with Crippen LogP contribution >= 0.6 is 0 Å². The van der Waals surface area contributed by atoms with Gasteiger partial charge in [0.05, 0.1) is 12.7 Å². The number of hydrogen-bond donors (Lipinski definition) is 2. The van der Waals surface area contributed by atoms with Crippen molar-refractivity contribution in [3.05, 3.63) is 32.7 Å². The molecule has 27 heavy (non-hydrogen) atoms. The molecule has 1 fully saturated rings. The molecule has 0 radical (unpaired) electrons. The van der Waals surface area contributed by atoms with Gasteiger partial charge in [-0.25, -0.2) is 0 Å². The molecule has 2 N–H and O–H groups in total. The van der Waals surface area contributed by atoms with Crippen molar-refractivity contribution in [2.45, 2.75) is 46.6 Å². The number of ether oxygens (including phenoxy) is 1. The van der Waals surface area contributed by atoms with Crippen molar-refractivity contribution < 1.29 is 9.53 Å². The van der Waals surface area contributed by atoms with E-state index in [2.05, 4.69) is 29.0 Å². The van der Waals surface area contributed by atoms with Gasteiger partial charge in [-0.3, -0.25) is 14.5 Å². The van der Waals surface area contributed by atoms with Gasteiger partial charge in [-0.2, -0.15) is 5.26 Å². The molecule has 1 aliphatic rings. The number of carbonyl (C=O) groups is 1. The number of nitrogens with one attached hydrogen (secondary N) is 2. The van der Waals surface area contributed by atoms with Crippen molar-refractivity contribution in [2.75, 3.05) is 32.8 Å². The van der Waals surface area contributed by atoms with Crippen LogP contribution in [0.2, 0.25) is 0 Å². The summed E-state index contributed by atoms with van der Waals surface area (Å²) in [7, 11) is 0. The minimum absolute atomic E-state index is 0.0168. The van der Waals surface area contributed by atoms with Crippen LogP contribution < -0.4 is 10.9 Å². The van der Waals surface area contributed by atoms with Crippen molar-refractivity contribution in [2.24, 2.45) is 5.92 Å². The van der Waals surface area contributed by atoms with Crippen LogP contribution in [0.3, 0.4) is 0 Å². The zero-order valence-corrected chi connectivity index (χ0v) is 16.7. The molecule has 1 amide bonds. The lowest BCUT2D eigenvalue weighted by molar-refractivity contribution is -0.122. The van der Waals surface area contributed by atoms with Gasteiger partial charge >= 0.3 is 0 Å². The second-order valence-electron chi connectivity index (χ2n) is 7.62. The lowest BCUT2D eigenvalue weighted by Crippen LogP contribution is -2.48. The molecule has 2 heterocycles. The number of aromatic amines is 1. The Labute approximate surface area is 160 Å². The quantitative estimate of drug-likeness (QED) is 0.749. The van der Waals surface area contributed by atoms with E-state index in [1.54, 1.807) is 13.8 Å². The Bertz CT molecular complexity index is 764. The molecule has 0 bridgehead atoms. The fourth-order valence-electron chi connectivity index (χ4n) is 3.56. The maximum Gasteiger partial charge on any atom is 0.266 e.